The van der Waals surface area contributed by atoms with Crippen LogP contribution in [0.1, 0.15) is 13.8 Å². The zero-order chi connectivity index (χ0) is 14.4. The van der Waals surface area contributed by atoms with E-state index in [-0.39, 0.29) is 12.5 Å². The average Bonchev–Trinajstić information content (AvgIpc) is 2.43. The molecule has 0 saturated heterocycles. The summed E-state index contributed by atoms with van der Waals surface area (Å²) in [6.07, 6.45) is 0. The monoisotopic (exact) mass is 267 g/mol. The van der Waals surface area contributed by atoms with E-state index in [2.05, 4.69) is 18.7 Å². The van der Waals surface area contributed by atoms with E-state index in [1.165, 1.54) is 0 Å². The zero-order valence-corrected chi connectivity index (χ0v) is 12.5. The Kier molecular flexibility index (Phi) is 5.96. The molecule has 1 N–H and O–H groups in total. The zero-order valence-electron chi connectivity index (χ0n) is 12.5. The molecule has 0 amide bonds. The van der Waals surface area contributed by atoms with Crippen molar-refractivity contribution in [2.45, 2.75) is 13.8 Å². The maximum atomic E-state index is 9.42. The molecule has 1 unspecified atom stereocenters. The second-order valence-corrected chi connectivity index (χ2v) is 5.10. The number of anilines is 1. The SMILES string of the molecule is COc1ccc(N(C)CC(CO)C(C)C)c(OC)c1. The number of benzene rings is 1. The largest absolute Gasteiger partial charge is 0.497 e. The highest BCUT2D eigenvalue weighted by Gasteiger charge is 2.17. The van der Waals surface area contributed by atoms with Gasteiger partial charge < -0.3 is 19.5 Å². The molecule has 1 aromatic carbocycles. The second kappa shape index (κ2) is 7.24. The smallest absolute Gasteiger partial charge is 0.145 e. The summed E-state index contributed by atoms with van der Waals surface area (Å²) in [6.45, 7) is 5.23. The van der Waals surface area contributed by atoms with E-state index in [9.17, 15) is 5.11 Å². The molecule has 4 nitrogen and oxygen atoms in total. The normalized spacial score (nSPS) is 12.4. The predicted molar refractivity (Wildman–Crippen MR) is 78.2 cm³/mol. The van der Waals surface area contributed by atoms with Crippen LogP contribution in [0.3, 0.4) is 0 Å². The number of hydrogen-bond donors (Lipinski definition) is 1. The fourth-order valence-electron chi connectivity index (χ4n) is 2.03. The Balaban J connectivity index is 2.89. The Labute approximate surface area is 115 Å². The molecule has 1 rings (SSSR count). The van der Waals surface area contributed by atoms with Crippen LogP contribution in [-0.4, -0.2) is 39.5 Å². The van der Waals surface area contributed by atoms with Gasteiger partial charge in [0.25, 0.3) is 0 Å². The summed E-state index contributed by atoms with van der Waals surface area (Å²) in [5.41, 5.74) is 1.00. The summed E-state index contributed by atoms with van der Waals surface area (Å²) in [4.78, 5) is 2.11. The molecule has 0 radical (unpaired) electrons. The first-order valence-corrected chi connectivity index (χ1v) is 6.57. The Hall–Kier alpha value is -1.42. The molecule has 19 heavy (non-hydrogen) atoms. The first kappa shape index (κ1) is 15.6. The Morgan fingerprint density at radius 2 is 1.89 bits per heavy atom. The summed E-state index contributed by atoms with van der Waals surface area (Å²) in [6, 6.07) is 5.76. The first-order chi connectivity index (χ1) is 9.03. The minimum atomic E-state index is 0.195. The molecule has 1 atom stereocenters. The van der Waals surface area contributed by atoms with Crippen LogP contribution in [0.15, 0.2) is 18.2 Å². The van der Waals surface area contributed by atoms with E-state index in [1.54, 1.807) is 14.2 Å². The predicted octanol–water partition coefficient (Wildman–Crippen LogP) is 2.40. The van der Waals surface area contributed by atoms with Crippen molar-refractivity contribution < 1.29 is 14.6 Å². The van der Waals surface area contributed by atoms with E-state index >= 15 is 0 Å². The number of aliphatic hydroxyl groups is 1. The summed E-state index contributed by atoms with van der Waals surface area (Å²) < 4.78 is 10.6. The van der Waals surface area contributed by atoms with E-state index in [0.29, 0.717) is 5.92 Å². The number of rotatable bonds is 7. The van der Waals surface area contributed by atoms with E-state index in [1.807, 2.05) is 25.2 Å². The van der Waals surface area contributed by atoms with Gasteiger partial charge in [0.05, 0.1) is 19.9 Å². The summed E-state index contributed by atoms with van der Waals surface area (Å²) >= 11 is 0. The molecule has 4 heteroatoms. The van der Waals surface area contributed by atoms with E-state index < -0.39 is 0 Å². The number of aliphatic hydroxyl groups excluding tert-OH is 1. The van der Waals surface area contributed by atoms with Gasteiger partial charge in [-0.2, -0.15) is 0 Å². The lowest BCUT2D eigenvalue weighted by Gasteiger charge is -2.28. The molecular formula is C15H25NO3. The quantitative estimate of drug-likeness (QED) is 0.823. The average molecular weight is 267 g/mol. The van der Waals surface area contributed by atoms with Crippen molar-refractivity contribution in [1.82, 2.24) is 0 Å². The first-order valence-electron chi connectivity index (χ1n) is 6.57. The second-order valence-electron chi connectivity index (χ2n) is 5.10. The van der Waals surface area contributed by atoms with E-state index in [0.717, 1.165) is 23.7 Å². The van der Waals surface area contributed by atoms with Crippen molar-refractivity contribution in [3.63, 3.8) is 0 Å². The number of hydrogen-bond acceptors (Lipinski definition) is 4. The molecule has 0 aliphatic rings. The lowest BCUT2D eigenvalue weighted by atomic mass is 9.96. The molecule has 1 aromatic rings. The van der Waals surface area contributed by atoms with Crippen molar-refractivity contribution in [3.8, 4) is 11.5 Å². The number of methoxy groups -OCH3 is 2. The van der Waals surface area contributed by atoms with Gasteiger partial charge in [0.2, 0.25) is 0 Å². The maximum absolute atomic E-state index is 9.42. The molecule has 0 spiro atoms. The van der Waals surface area contributed by atoms with Gasteiger partial charge in [-0.15, -0.1) is 0 Å². The van der Waals surface area contributed by atoms with Crippen LogP contribution >= 0.6 is 0 Å². The van der Waals surface area contributed by atoms with Crippen LogP contribution in [0.4, 0.5) is 5.69 Å². The Bertz CT molecular complexity index is 393. The molecule has 0 heterocycles. The van der Waals surface area contributed by atoms with Crippen LogP contribution in [-0.2, 0) is 0 Å². The molecule has 0 aliphatic heterocycles. The third-order valence-corrected chi connectivity index (χ3v) is 3.48. The van der Waals surface area contributed by atoms with Gasteiger partial charge in [-0.25, -0.2) is 0 Å². The van der Waals surface area contributed by atoms with Crippen LogP contribution in [0.2, 0.25) is 0 Å². The van der Waals surface area contributed by atoms with Crippen LogP contribution in [0, 0.1) is 11.8 Å². The fourth-order valence-corrected chi connectivity index (χ4v) is 2.03. The molecule has 0 aliphatic carbocycles. The van der Waals surface area contributed by atoms with Crippen LogP contribution in [0.25, 0.3) is 0 Å². The molecule has 0 fully saturated rings. The molecule has 0 saturated carbocycles. The third-order valence-electron chi connectivity index (χ3n) is 3.48. The van der Waals surface area contributed by atoms with Crippen molar-refractivity contribution in [1.29, 1.82) is 0 Å². The fraction of sp³-hybridized carbons (Fsp3) is 0.600. The molecule has 108 valence electrons. The Morgan fingerprint density at radius 3 is 2.37 bits per heavy atom. The lowest BCUT2D eigenvalue weighted by Crippen LogP contribution is -2.30. The van der Waals surface area contributed by atoms with Crippen molar-refractivity contribution in [3.05, 3.63) is 18.2 Å². The molecule has 0 aromatic heterocycles. The van der Waals surface area contributed by atoms with Gasteiger partial charge >= 0.3 is 0 Å². The highest BCUT2D eigenvalue weighted by Crippen LogP contribution is 2.32. The van der Waals surface area contributed by atoms with Gasteiger partial charge in [0, 0.05) is 32.2 Å². The molecule has 0 bridgehead atoms. The van der Waals surface area contributed by atoms with Gasteiger partial charge in [-0.05, 0) is 18.1 Å². The summed E-state index contributed by atoms with van der Waals surface area (Å²) in [7, 11) is 5.30. The van der Waals surface area contributed by atoms with Crippen LogP contribution < -0.4 is 14.4 Å². The summed E-state index contributed by atoms with van der Waals surface area (Å²) in [5.74, 6) is 2.24. The van der Waals surface area contributed by atoms with Crippen molar-refractivity contribution >= 4 is 5.69 Å². The van der Waals surface area contributed by atoms with Gasteiger partial charge in [-0.1, -0.05) is 13.8 Å². The summed E-state index contributed by atoms with van der Waals surface area (Å²) in [5, 5.41) is 9.42. The maximum Gasteiger partial charge on any atom is 0.145 e. The molecular weight excluding hydrogens is 242 g/mol. The van der Waals surface area contributed by atoms with E-state index in [4.69, 9.17) is 9.47 Å². The van der Waals surface area contributed by atoms with Crippen molar-refractivity contribution in [2.24, 2.45) is 11.8 Å². The lowest BCUT2D eigenvalue weighted by molar-refractivity contribution is 0.193. The standard InChI is InChI=1S/C15H25NO3/c1-11(2)12(10-17)9-16(3)14-7-6-13(18-4)8-15(14)19-5/h6-8,11-12,17H,9-10H2,1-5H3. The van der Waals surface area contributed by atoms with Gasteiger partial charge in [0.1, 0.15) is 11.5 Å². The number of ether oxygens (including phenoxy) is 2. The van der Waals surface area contributed by atoms with Gasteiger partial charge in [-0.3, -0.25) is 0 Å². The van der Waals surface area contributed by atoms with Crippen molar-refractivity contribution in [2.75, 3.05) is 39.3 Å². The van der Waals surface area contributed by atoms with Crippen LogP contribution in [0.5, 0.6) is 11.5 Å². The van der Waals surface area contributed by atoms with Gasteiger partial charge in [0.15, 0.2) is 0 Å². The Morgan fingerprint density at radius 1 is 1.21 bits per heavy atom. The highest BCUT2D eigenvalue weighted by atomic mass is 16.5. The topological polar surface area (TPSA) is 41.9 Å². The number of nitrogens with zero attached hydrogens (tertiary/aromatic N) is 1. The third kappa shape index (κ3) is 4.03. The highest BCUT2D eigenvalue weighted by molar-refractivity contribution is 5.60. The minimum absolute atomic E-state index is 0.195. The minimum Gasteiger partial charge on any atom is -0.497 e.